The number of ketones is 1. The molecular weight excluding hydrogens is 370 g/mol. The molecule has 0 aromatic heterocycles. The number of carbonyl (C=O) groups excluding carboxylic acids is 1. The number of benzene rings is 2. The number of hydrogen-bond donors (Lipinski definition) is 0. The van der Waals surface area contributed by atoms with Gasteiger partial charge in [-0.25, -0.2) is 0 Å². The molecule has 0 saturated carbocycles. The number of rotatable bonds is 7. The monoisotopic (exact) mass is 403 g/mol. The van der Waals surface area contributed by atoms with Crippen molar-refractivity contribution in [3.8, 4) is 5.75 Å². The molecule has 2 aliphatic rings. The molecule has 0 spiro atoms. The molecule has 0 radical (unpaired) electrons. The minimum absolute atomic E-state index is 0.164. The Balaban J connectivity index is 1.64. The Kier molecular flexibility index (Phi) is 5.59. The van der Waals surface area contributed by atoms with Gasteiger partial charge in [0.2, 0.25) is 0 Å². The molecule has 4 rings (SSSR count). The van der Waals surface area contributed by atoms with E-state index < -0.39 is 0 Å². The van der Waals surface area contributed by atoms with Crippen LogP contribution in [0.25, 0.3) is 5.57 Å². The number of aryl methyl sites for hydroxylation is 1. The van der Waals surface area contributed by atoms with Crippen molar-refractivity contribution in [1.29, 1.82) is 0 Å². The second-order valence-corrected chi connectivity index (χ2v) is 8.91. The molecule has 2 aromatic rings. The van der Waals surface area contributed by atoms with Crippen LogP contribution in [-0.4, -0.2) is 36.9 Å². The molecule has 0 aliphatic heterocycles. The quantitative estimate of drug-likeness (QED) is 0.615. The summed E-state index contributed by atoms with van der Waals surface area (Å²) in [5.41, 5.74) is 7.67. The average Bonchev–Trinajstić information content (AvgIpc) is 3.15. The van der Waals surface area contributed by atoms with Crippen LogP contribution in [0.5, 0.6) is 5.75 Å². The third-order valence-electron chi connectivity index (χ3n) is 6.98. The molecule has 30 heavy (non-hydrogen) atoms. The van der Waals surface area contributed by atoms with Crippen molar-refractivity contribution in [2.45, 2.75) is 52.9 Å². The number of fused-ring (bicyclic) bond motifs is 3. The lowest BCUT2D eigenvalue weighted by atomic mass is 9.68. The third kappa shape index (κ3) is 3.39. The number of carbonyl (C=O) groups is 1. The van der Waals surface area contributed by atoms with Gasteiger partial charge in [0.1, 0.15) is 12.4 Å². The van der Waals surface area contributed by atoms with E-state index in [1.54, 1.807) is 0 Å². The van der Waals surface area contributed by atoms with Crippen molar-refractivity contribution in [1.82, 2.24) is 4.90 Å². The summed E-state index contributed by atoms with van der Waals surface area (Å²) in [6, 6.07) is 12.6. The maximum absolute atomic E-state index is 13.5. The first-order chi connectivity index (χ1) is 14.4. The van der Waals surface area contributed by atoms with E-state index in [4.69, 9.17) is 4.74 Å². The smallest absolute Gasteiger partial charge is 0.193 e. The van der Waals surface area contributed by atoms with Gasteiger partial charge >= 0.3 is 0 Å². The van der Waals surface area contributed by atoms with E-state index in [2.05, 4.69) is 63.8 Å². The van der Waals surface area contributed by atoms with Crippen molar-refractivity contribution in [2.75, 3.05) is 26.2 Å². The van der Waals surface area contributed by atoms with Crippen molar-refractivity contribution in [3.63, 3.8) is 0 Å². The van der Waals surface area contributed by atoms with E-state index in [0.717, 1.165) is 60.5 Å². The zero-order valence-corrected chi connectivity index (χ0v) is 19.0. The Morgan fingerprint density at radius 1 is 1.00 bits per heavy atom. The first-order valence-electron chi connectivity index (χ1n) is 11.3. The van der Waals surface area contributed by atoms with Gasteiger partial charge in [-0.3, -0.25) is 4.79 Å². The highest BCUT2D eigenvalue weighted by Gasteiger charge is 2.42. The summed E-state index contributed by atoms with van der Waals surface area (Å²) in [5.74, 6) is 1.02. The Labute approximate surface area is 180 Å². The van der Waals surface area contributed by atoms with Crippen LogP contribution in [0.15, 0.2) is 42.0 Å². The SMILES string of the molecule is CCc1ccc2c(c1)CC1=C2C(=O)c2ccc(OCCN(CC)CC)cc2C1(C)C. The number of allylic oxidation sites excluding steroid dienone is 2. The predicted octanol–water partition coefficient (Wildman–Crippen LogP) is 5.45. The normalized spacial score (nSPS) is 16.5. The number of ether oxygens (including phenoxy) is 1. The highest BCUT2D eigenvalue weighted by molar-refractivity contribution is 6.33. The van der Waals surface area contributed by atoms with Crippen LogP contribution in [0.4, 0.5) is 0 Å². The lowest BCUT2D eigenvalue weighted by Gasteiger charge is -2.34. The highest BCUT2D eigenvalue weighted by atomic mass is 16.5. The van der Waals surface area contributed by atoms with Gasteiger partial charge < -0.3 is 9.64 Å². The molecule has 0 unspecified atom stereocenters. The van der Waals surface area contributed by atoms with Crippen LogP contribution >= 0.6 is 0 Å². The molecule has 3 nitrogen and oxygen atoms in total. The van der Waals surface area contributed by atoms with Crippen molar-refractivity contribution in [2.24, 2.45) is 0 Å². The van der Waals surface area contributed by atoms with E-state index >= 15 is 0 Å². The van der Waals surface area contributed by atoms with Crippen LogP contribution in [0.1, 0.15) is 67.2 Å². The molecule has 2 aliphatic carbocycles. The van der Waals surface area contributed by atoms with Gasteiger partial charge in [-0.05, 0) is 72.0 Å². The lowest BCUT2D eigenvalue weighted by molar-refractivity contribution is 0.105. The Morgan fingerprint density at radius 3 is 2.43 bits per heavy atom. The number of hydrogen-bond acceptors (Lipinski definition) is 3. The fourth-order valence-electron chi connectivity index (χ4n) is 4.95. The van der Waals surface area contributed by atoms with Gasteiger partial charge in [-0.15, -0.1) is 0 Å². The molecule has 2 aromatic carbocycles. The summed E-state index contributed by atoms with van der Waals surface area (Å²) in [7, 11) is 0. The Hall–Kier alpha value is -2.39. The van der Waals surface area contributed by atoms with E-state index in [9.17, 15) is 4.79 Å². The molecule has 3 heteroatoms. The molecular formula is C27H33NO2. The van der Waals surface area contributed by atoms with Gasteiger partial charge in [-0.2, -0.15) is 0 Å². The molecule has 0 amide bonds. The minimum Gasteiger partial charge on any atom is -0.492 e. The summed E-state index contributed by atoms with van der Waals surface area (Å²) in [4.78, 5) is 15.8. The second kappa shape index (κ2) is 8.03. The van der Waals surface area contributed by atoms with Crippen LogP contribution in [0, 0.1) is 0 Å². The highest BCUT2D eigenvalue weighted by Crippen LogP contribution is 2.50. The summed E-state index contributed by atoms with van der Waals surface area (Å²) in [6.07, 6.45) is 1.88. The first-order valence-corrected chi connectivity index (χ1v) is 11.3. The fraction of sp³-hybridized carbons (Fsp3) is 0.444. The van der Waals surface area contributed by atoms with Gasteiger partial charge in [-0.1, -0.05) is 52.8 Å². The standard InChI is InChI=1S/C27H33NO2/c1-6-18-9-11-21-19(15-18)16-24-25(21)26(29)22-12-10-20(17-23(22)27(24,4)5)30-14-13-28(7-2)8-3/h9-12,15,17H,6-8,13-14,16H2,1-5H3. The number of nitrogens with zero attached hydrogens (tertiary/aromatic N) is 1. The molecule has 0 atom stereocenters. The van der Waals surface area contributed by atoms with Crippen molar-refractivity contribution >= 4 is 11.4 Å². The predicted molar refractivity (Wildman–Crippen MR) is 124 cm³/mol. The number of likely N-dealkylation sites (N-methyl/N-ethyl adjacent to an activating group) is 1. The minimum atomic E-state index is -0.192. The van der Waals surface area contributed by atoms with Crippen LogP contribution in [0.2, 0.25) is 0 Å². The van der Waals surface area contributed by atoms with E-state index in [1.807, 2.05) is 12.1 Å². The Morgan fingerprint density at radius 2 is 1.73 bits per heavy atom. The average molecular weight is 404 g/mol. The summed E-state index contributed by atoms with van der Waals surface area (Å²) < 4.78 is 6.07. The van der Waals surface area contributed by atoms with Crippen molar-refractivity contribution < 1.29 is 9.53 Å². The summed E-state index contributed by atoms with van der Waals surface area (Å²) >= 11 is 0. The van der Waals surface area contributed by atoms with E-state index in [0.29, 0.717) is 6.61 Å². The molecule has 0 fully saturated rings. The van der Waals surface area contributed by atoms with E-state index in [1.165, 1.54) is 16.7 Å². The van der Waals surface area contributed by atoms with Gasteiger partial charge in [0, 0.05) is 23.1 Å². The second-order valence-electron chi connectivity index (χ2n) is 8.91. The van der Waals surface area contributed by atoms with E-state index in [-0.39, 0.29) is 11.2 Å². The lowest BCUT2D eigenvalue weighted by Crippen LogP contribution is -2.30. The maximum Gasteiger partial charge on any atom is 0.193 e. The summed E-state index contributed by atoms with van der Waals surface area (Å²) in [6.45, 7) is 14.7. The maximum atomic E-state index is 13.5. The van der Waals surface area contributed by atoms with Crippen LogP contribution < -0.4 is 4.74 Å². The number of Topliss-reactive ketones (excluding diaryl/α,β-unsaturated/α-hetero) is 1. The molecule has 0 saturated heterocycles. The summed E-state index contributed by atoms with van der Waals surface area (Å²) in [5, 5.41) is 0. The third-order valence-corrected chi connectivity index (χ3v) is 6.98. The molecule has 0 heterocycles. The van der Waals surface area contributed by atoms with Gasteiger partial charge in [0.05, 0.1) is 0 Å². The fourth-order valence-corrected chi connectivity index (χ4v) is 4.95. The zero-order chi connectivity index (χ0) is 21.5. The topological polar surface area (TPSA) is 29.5 Å². The van der Waals surface area contributed by atoms with Crippen LogP contribution in [0.3, 0.4) is 0 Å². The van der Waals surface area contributed by atoms with Gasteiger partial charge in [0.25, 0.3) is 0 Å². The zero-order valence-electron chi connectivity index (χ0n) is 19.0. The largest absolute Gasteiger partial charge is 0.492 e. The molecule has 0 N–H and O–H groups in total. The Bertz CT molecular complexity index is 1010. The van der Waals surface area contributed by atoms with Crippen LogP contribution in [-0.2, 0) is 18.3 Å². The molecule has 0 bridgehead atoms. The molecule has 158 valence electrons. The van der Waals surface area contributed by atoms with Gasteiger partial charge in [0.15, 0.2) is 5.78 Å². The first kappa shape index (κ1) is 20.9. The van der Waals surface area contributed by atoms with Crippen molar-refractivity contribution in [3.05, 3.63) is 69.8 Å².